The molecule has 0 aliphatic carbocycles. The molecule has 0 aliphatic rings. The molecule has 2 rings (SSSR count). The van der Waals surface area contributed by atoms with E-state index < -0.39 is 0 Å². The molecule has 0 aliphatic heterocycles. The van der Waals surface area contributed by atoms with Crippen molar-refractivity contribution >= 4 is 10.9 Å². The Morgan fingerprint density at radius 1 is 1.25 bits per heavy atom. The van der Waals surface area contributed by atoms with Crippen LogP contribution in [0.15, 0.2) is 30.5 Å². The number of aliphatic hydroxyl groups is 1. The van der Waals surface area contributed by atoms with Gasteiger partial charge >= 0.3 is 0 Å². The van der Waals surface area contributed by atoms with E-state index in [1.54, 1.807) is 6.20 Å². The molecule has 1 heterocycles. The fourth-order valence-electron chi connectivity index (χ4n) is 1.05. The SMILES string of the molecule is O[CH]c1ncc2ccccc2n1. The Kier molecular flexibility index (Phi) is 1.72. The van der Waals surface area contributed by atoms with Gasteiger partial charge < -0.3 is 5.11 Å². The van der Waals surface area contributed by atoms with Crippen molar-refractivity contribution in [2.24, 2.45) is 0 Å². The quantitative estimate of drug-likeness (QED) is 0.686. The minimum absolute atomic E-state index is 0.341. The molecule has 0 atom stereocenters. The molecule has 1 aromatic heterocycles. The highest BCUT2D eigenvalue weighted by Crippen LogP contribution is 2.09. The molecule has 1 N–H and O–H groups in total. The van der Waals surface area contributed by atoms with Crippen LogP contribution in [0, 0.1) is 6.61 Å². The van der Waals surface area contributed by atoms with Crippen molar-refractivity contribution in [1.29, 1.82) is 0 Å². The van der Waals surface area contributed by atoms with Gasteiger partial charge in [0.05, 0.1) is 5.52 Å². The van der Waals surface area contributed by atoms with Crippen molar-refractivity contribution in [2.45, 2.75) is 0 Å². The van der Waals surface area contributed by atoms with Gasteiger partial charge in [-0.2, -0.15) is 0 Å². The summed E-state index contributed by atoms with van der Waals surface area (Å²) in [6, 6.07) is 7.63. The maximum Gasteiger partial charge on any atom is 0.160 e. The Morgan fingerprint density at radius 2 is 2.08 bits per heavy atom. The number of benzene rings is 1. The summed E-state index contributed by atoms with van der Waals surface area (Å²) in [5.41, 5.74) is 0.841. The normalized spacial score (nSPS) is 10.4. The summed E-state index contributed by atoms with van der Waals surface area (Å²) < 4.78 is 0. The van der Waals surface area contributed by atoms with Gasteiger partial charge in [0.1, 0.15) is 6.61 Å². The maximum absolute atomic E-state index is 8.65. The lowest BCUT2D eigenvalue weighted by Crippen LogP contribution is -1.91. The molecule has 0 bridgehead atoms. The van der Waals surface area contributed by atoms with Crippen molar-refractivity contribution in [3.63, 3.8) is 0 Å². The van der Waals surface area contributed by atoms with Gasteiger partial charge in [0.2, 0.25) is 0 Å². The van der Waals surface area contributed by atoms with E-state index >= 15 is 0 Å². The number of hydrogen-bond donors (Lipinski definition) is 1. The number of aromatic nitrogens is 2. The second-order valence-electron chi connectivity index (χ2n) is 2.42. The maximum atomic E-state index is 8.65. The first kappa shape index (κ1) is 7.18. The van der Waals surface area contributed by atoms with Crippen LogP contribution in [0.5, 0.6) is 0 Å². The second kappa shape index (κ2) is 2.87. The minimum Gasteiger partial charge on any atom is -0.382 e. The molecular weight excluding hydrogens is 152 g/mol. The Labute approximate surface area is 69.7 Å². The van der Waals surface area contributed by atoms with Gasteiger partial charge in [-0.25, -0.2) is 9.97 Å². The lowest BCUT2D eigenvalue weighted by atomic mass is 10.2. The Morgan fingerprint density at radius 3 is 2.92 bits per heavy atom. The van der Waals surface area contributed by atoms with Gasteiger partial charge in [-0.1, -0.05) is 18.2 Å². The molecule has 2 aromatic rings. The summed E-state index contributed by atoms with van der Waals surface area (Å²) in [6.45, 7) is 0.895. The molecule has 59 valence electrons. The average Bonchev–Trinajstić information content (AvgIpc) is 2.17. The molecule has 1 aromatic carbocycles. The summed E-state index contributed by atoms with van der Waals surface area (Å²) in [6.07, 6.45) is 1.68. The summed E-state index contributed by atoms with van der Waals surface area (Å²) in [5.74, 6) is 0.341. The third-order valence-electron chi connectivity index (χ3n) is 1.62. The monoisotopic (exact) mass is 159 g/mol. The highest BCUT2D eigenvalue weighted by Gasteiger charge is 1.96. The zero-order valence-electron chi connectivity index (χ0n) is 6.31. The van der Waals surface area contributed by atoms with Gasteiger partial charge in [-0.15, -0.1) is 0 Å². The number of aliphatic hydroxyl groups excluding tert-OH is 1. The van der Waals surface area contributed by atoms with Crippen LogP contribution < -0.4 is 0 Å². The number of hydrogen-bond acceptors (Lipinski definition) is 3. The third-order valence-corrected chi connectivity index (χ3v) is 1.62. The molecule has 0 amide bonds. The fourth-order valence-corrected chi connectivity index (χ4v) is 1.05. The van der Waals surface area contributed by atoms with E-state index in [1.807, 2.05) is 24.3 Å². The predicted molar refractivity (Wildman–Crippen MR) is 44.9 cm³/mol. The molecule has 3 nitrogen and oxygen atoms in total. The van der Waals surface area contributed by atoms with Crippen LogP contribution in [0.2, 0.25) is 0 Å². The number of para-hydroxylation sites is 1. The summed E-state index contributed by atoms with van der Waals surface area (Å²) in [7, 11) is 0. The Balaban J connectivity index is 2.67. The van der Waals surface area contributed by atoms with E-state index in [0.29, 0.717) is 5.82 Å². The van der Waals surface area contributed by atoms with E-state index in [0.717, 1.165) is 17.5 Å². The first-order valence-electron chi connectivity index (χ1n) is 3.59. The Bertz CT molecular complexity index is 400. The lowest BCUT2D eigenvalue weighted by Gasteiger charge is -1.96. The van der Waals surface area contributed by atoms with Crippen LogP contribution in [-0.2, 0) is 0 Å². The molecule has 1 radical (unpaired) electrons. The van der Waals surface area contributed by atoms with E-state index in [1.165, 1.54) is 0 Å². The van der Waals surface area contributed by atoms with Crippen molar-refractivity contribution in [2.75, 3.05) is 0 Å². The average molecular weight is 159 g/mol. The highest BCUT2D eigenvalue weighted by atomic mass is 16.3. The van der Waals surface area contributed by atoms with Crippen molar-refractivity contribution < 1.29 is 5.11 Å². The van der Waals surface area contributed by atoms with E-state index in [4.69, 9.17) is 5.11 Å². The first-order chi connectivity index (χ1) is 5.90. The standard InChI is InChI=1S/C9H7N2O/c12-6-9-10-5-7-3-1-2-4-8(7)11-9/h1-6,12H. The zero-order chi connectivity index (χ0) is 8.39. The summed E-state index contributed by atoms with van der Waals surface area (Å²) >= 11 is 0. The number of nitrogens with zero attached hydrogens (tertiary/aromatic N) is 2. The van der Waals surface area contributed by atoms with Gasteiger partial charge in [0, 0.05) is 11.6 Å². The van der Waals surface area contributed by atoms with Crippen molar-refractivity contribution in [3.8, 4) is 0 Å². The molecule has 0 saturated carbocycles. The van der Waals surface area contributed by atoms with Gasteiger partial charge in [-0.3, -0.25) is 0 Å². The van der Waals surface area contributed by atoms with Crippen LogP contribution in [0.25, 0.3) is 10.9 Å². The van der Waals surface area contributed by atoms with Crippen molar-refractivity contribution in [3.05, 3.63) is 42.9 Å². The molecule has 0 fully saturated rings. The van der Waals surface area contributed by atoms with Crippen LogP contribution in [0.4, 0.5) is 0 Å². The molecule has 12 heavy (non-hydrogen) atoms. The topological polar surface area (TPSA) is 46.0 Å². The largest absolute Gasteiger partial charge is 0.382 e. The minimum atomic E-state index is 0.341. The predicted octanol–water partition coefficient (Wildman–Crippen LogP) is 1.51. The number of fused-ring (bicyclic) bond motifs is 1. The van der Waals surface area contributed by atoms with Crippen molar-refractivity contribution in [1.82, 2.24) is 9.97 Å². The molecule has 0 spiro atoms. The first-order valence-corrected chi connectivity index (χ1v) is 3.59. The molecular formula is C9H7N2O. The van der Waals surface area contributed by atoms with Crippen LogP contribution in [0.1, 0.15) is 5.82 Å². The smallest absolute Gasteiger partial charge is 0.160 e. The fraction of sp³-hybridized carbons (Fsp3) is 0. The van der Waals surface area contributed by atoms with E-state index in [2.05, 4.69) is 9.97 Å². The molecule has 0 unspecified atom stereocenters. The van der Waals surface area contributed by atoms with Crippen LogP contribution in [-0.4, -0.2) is 15.1 Å². The summed E-state index contributed by atoms with van der Waals surface area (Å²) in [5, 5.41) is 9.62. The van der Waals surface area contributed by atoms with Gasteiger partial charge in [0.15, 0.2) is 5.82 Å². The van der Waals surface area contributed by atoms with E-state index in [-0.39, 0.29) is 0 Å². The second-order valence-corrected chi connectivity index (χ2v) is 2.42. The molecule has 3 heteroatoms. The van der Waals surface area contributed by atoms with Crippen LogP contribution >= 0.6 is 0 Å². The van der Waals surface area contributed by atoms with E-state index in [9.17, 15) is 0 Å². The lowest BCUT2D eigenvalue weighted by molar-refractivity contribution is 0.406. The number of rotatable bonds is 1. The highest BCUT2D eigenvalue weighted by molar-refractivity contribution is 5.77. The molecule has 0 saturated heterocycles. The zero-order valence-corrected chi connectivity index (χ0v) is 6.31. The Hall–Kier alpha value is -1.48. The van der Waals surface area contributed by atoms with Gasteiger partial charge in [0.25, 0.3) is 0 Å². The van der Waals surface area contributed by atoms with Gasteiger partial charge in [-0.05, 0) is 6.07 Å². The summed E-state index contributed by atoms with van der Waals surface area (Å²) in [4.78, 5) is 7.99. The third kappa shape index (κ3) is 1.14. The van der Waals surface area contributed by atoms with Crippen LogP contribution in [0.3, 0.4) is 0 Å².